The molecule has 37 heavy (non-hydrogen) atoms. The van der Waals surface area contributed by atoms with Gasteiger partial charge in [-0.1, -0.05) is 41.8 Å². The first-order valence-corrected chi connectivity index (χ1v) is 11.9. The summed E-state index contributed by atoms with van der Waals surface area (Å²) in [5, 5.41) is 4.02. The Hall–Kier alpha value is -4.74. The van der Waals surface area contributed by atoms with Crippen LogP contribution in [-0.2, 0) is 0 Å². The van der Waals surface area contributed by atoms with Gasteiger partial charge in [-0.25, -0.2) is 19.9 Å². The van der Waals surface area contributed by atoms with Gasteiger partial charge < -0.3 is 11.1 Å². The lowest BCUT2D eigenvalue weighted by molar-refractivity contribution is 0.730. The number of aromatic nitrogens is 5. The average Bonchev–Trinajstić information content (AvgIpc) is 2.88. The van der Waals surface area contributed by atoms with Gasteiger partial charge in [0.15, 0.2) is 0 Å². The second kappa shape index (κ2) is 10.1. The highest BCUT2D eigenvalue weighted by molar-refractivity contribution is 6.35. The van der Waals surface area contributed by atoms with E-state index in [1.54, 1.807) is 29.0 Å². The Morgan fingerprint density at radius 2 is 1.84 bits per heavy atom. The van der Waals surface area contributed by atoms with Crippen LogP contribution in [0.1, 0.15) is 35.6 Å². The van der Waals surface area contributed by atoms with Gasteiger partial charge in [0.1, 0.15) is 35.0 Å². The lowest BCUT2D eigenvalue weighted by atomic mass is 10.2. The first kappa shape index (κ1) is 24.0. The third-order valence-corrected chi connectivity index (χ3v) is 6.05. The smallest absolute Gasteiger partial charge is 0.267 e. The number of nitrogens with two attached hydrogens (primary N) is 1. The number of para-hydroxylation sites is 1. The molecule has 9 heteroatoms. The molecule has 0 aliphatic rings. The van der Waals surface area contributed by atoms with Crippen LogP contribution >= 0.6 is 11.6 Å². The number of aryl methyl sites for hydroxylation is 1. The summed E-state index contributed by atoms with van der Waals surface area (Å²) in [6, 6.07) is 17.8. The highest BCUT2D eigenvalue weighted by Crippen LogP contribution is 2.26. The van der Waals surface area contributed by atoms with Crippen molar-refractivity contribution in [2.24, 2.45) is 0 Å². The maximum atomic E-state index is 13.7. The molecular weight excluding hydrogens is 486 g/mol. The van der Waals surface area contributed by atoms with Crippen LogP contribution in [0.5, 0.6) is 0 Å². The van der Waals surface area contributed by atoms with Crippen LogP contribution in [0.2, 0.25) is 5.02 Å². The van der Waals surface area contributed by atoms with Crippen LogP contribution in [0.4, 0.5) is 11.6 Å². The van der Waals surface area contributed by atoms with Crippen molar-refractivity contribution in [2.75, 3.05) is 11.1 Å². The van der Waals surface area contributed by atoms with Crippen LogP contribution in [-0.4, -0.2) is 24.5 Å². The van der Waals surface area contributed by atoms with Crippen molar-refractivity contribution in [2.45, 2.75) is 19.9 Å². The molecule has 0 aliphatic heterocycles. The van der Waals surface area contributed by atoms with Gasteiger partial charge in [-0.05, 0) is 61.7 Å². The predicted octanol–water partition coefficient (Wildman–Crippen LogP) is 4.69. The number of anilines is 2. The number of nitrogens with zero attached hydrogens (tertiary/aromatic N) is 5. The first-order chi connectivity index (χ1) is 17.9. The number of benzene rings is 2. The summed E-state index contributed by atoms with van der Waals surface area (Å²) in [7, 11) is 0. The summed E-state index contributed by atoms with van der Waals surface area (Å²) in [6.07, 6.45) is 3.06. The van der Waals surface area contributed by atoms with Crippen LogP contribution in [0.3, 0.4) is 0 Å². The molecule has 0 bridgehead atoms. The lowest BCUT2D eigenvalue weighted by Gasteiger charge is -2.21. The minimum absolute atomic E-state index is 0.226. The van der Waals surface area contributed by atoms with Crippen molar-refractivity contribution in [1.82, 2.24) is 24.5 Å². The van der Waals surface area contributed by atoms with Gasteiger partial charge in [0.2, 0.25) is 0 Å². The third-order valence-electron chi connectivity index (χ3n) is 5.74. The van der Waals surface area contributed by atoms with Gasteiger partial charge in [-0.15, -0.1) is 0 Å². The number of nitrogen functional groups attached to an aromatic ring is 1. The summed E-state index contributed by atoms with van der Waals surface area (Å²) in [5.41, 5.74) is 9.14. The molecule has 0 fully saturated rings. The number of rotatable bonds is 4. The van der Waals surface area contributed by atoms with E-state index in [1.807, 2.05) is 56.3 Å². The van der Waals surface area contributed by atoms with Crippen LogP contribution < -0.4 is 16.6 Å². The molecule has 182 valence electrons. The molecule has 1 atom stereocenters. The molecule has 5 aromatic rings. The van der Waals surface area contributed by atoms with Gasteiger partial charge in [0, 0.05) is 6.20 Å². The molecular formula is C28H22ClN7O. The zero-order chi connectivity index (χ0) is 25.9. The predicted molar refractivity (Wildman–Crippen MR) is 146 cm³/mol. The van der Waals surface area contributed by atoms with Crippen molar-refractivity contribution in [3.63, 3.8) is 0 Å². The van der Waals surface area contributed by atoms with E-state index < -0.39 is 6.04 Å². The molecule has 3 N–H and O–H groups in total. The molecule has 0 radical (unpaired) electrons. The highest BCUT2D eigenvalue weighted by atomic mass is 35.5. The van der Waals surface area contributed by atoms with E-state index in [0.29, 0.717) is 44.5 Å². The number of nitrogens with one attached hydrogen (secondary N) is 1. The van der Waals surface area contributed by atoms with Gasteiger partial charge >= 0.3 is 0 Å². The molecule has 0 saturated heterocycles. The summed E-state index contributed by atoms with van der Waals surface area (Å²) >= 11 is 6.40. The van der Waals surface area contributed by atoms with Crippen molar-refractivity contribution >= 4 is 34.1 Å². The Labute approximate surface area is 218 Å². The summed E-state index contributed by atoms with van der Waals surface area (Å²) < 4.78 is 1.55. The van der Waals surface area contributed by atoms with Gasteiger partial charge in [0.25, 0.3) is 5.56 Å². The normalized spacial score (nSPS) is 11.5. The Bertz CT molecular complexity index is 1740. The maximum Gasteiger partial charge on any atom is 0.267 e. The Kier molecular flexibility index (Phi) is 6.54. The number of halogens is 1. The fourth-order valence-electron chi connectivity index (χ4n) is 3.96. The van der Waals surface area contributed by atoms with Crippen molar-refractivity contribution < 1.29 is 0 Å². The van der Waals surface area contributed by atoms with E-state index >= 15 is 0 Å². The molecule has 2 aromatic carbocycles. The van der Waals surface area contributed by atoms with Crippen LogP contribution in [0.15, 0.2) is 78.0 Å². The van der Waals surface area contributed by atoms with E-state index in [-0.39, 0.29) is 11.4 Å². The van der Waals surface area contributed by atoms with Crippen molar-refractivity contribution in [3.8, 4) is 17.5 Å². The molecule has 3 heterocycles. The van der Waals surface area contributed by atoms with Crippen LogP contribution in [0.25, 0.3) is 16.6 Å². The first-order valence-electron chi connectivity index (χ1n) is 11.5. The topological polar surface area (TPSA) is 112 Å². The van der Waals surface area contributed by atoms with Gasteiger partial charge in [0.05, 0.1) is 27.7 Å². The number of hydrogen-bond donors (Lipinski definition) is 2. The minimum atomic E-state index is -0.469. The maximum absolute atomic E-state index is 13.7. The molecule has 0 saturated carbocycles. The fourth-order valence-corrected chi connectivity index (χ4v) is 4.21. The average molecular weight is 508 g/mol. The Morgan fingerprint density at radius 3 is 2.62 bits per heavy atom. The van der Waals surface area contributed by atoms with E-state index in [9.17, 15) is 4.79 Å². The largest absolute Gasteiger partial charge is 0.382 e. The van der Waals surface area contributed by atoms with E-state index in [2.05, 4.69) is 32.1 Å². The molecule has 3 aromatic heterocycles. The second-order valence-corrected chi connectivity index (χ2v) is 8.80. The van der Waals surface area contributed by atoms with Gasteiger partial charge in [-0.3, -0.25) is 9.36 Å². The molecule has 5 rings (SSSR count). The van der Waals surface area contributed by atoms with E-state index in [4.69, 9.17) is 22.3 Å². The summed E-state index contributed by atoms with van der Waals surface area (Å²) in [5.74, 6) is 7.19. The monoisotopic (exact) mass is 507 g/mol. The fraction of sp³-hybridized carbons (Fsp3) is 0.107. The van der Waals surface area contributed by atoms with Crippen molar-refractivity contribution in [1.29, 1.82) is 0 Å². The number of pyridine rings is 1. The number of fused-ring (bicyclic) bond motifs is 1. The standard InChI is InChI=1S/C28H22ClN7O/c1-17-13-14-31-19(15-17)11-12-21-25(30)32-16-33-26(21)34-18(2)27-35-23-10-6-9-22(29)24(23)28(37)36(27)20-7-4-3-5-8-20/h3-10,13-16,18H,1-2H3,(H3,30,32,33,34)/t18-/m0/s1. The molecule has 0 spiro atoms. The third kappa shape index (κ3) is 4.85. The van der Waals surface area contributed by atoms with E-state index in [0.717, 1.165) is 5.56 Å². The Balaban J connectivity index is 1.61. The number of hydrogen-bond acceptors (Lipinski definition) is 7. The zero-order valence-electron chi connectivity index (χ0n) is 20.1. The zero-order valence-corrected chi connectivity index (χ0v) is 20.9. The SMILES string of the molecule is Cc1ccnc(C#Cc2c(N)ncnc2N[C@@H](C)c2nc3cccc(Cl)c3c(=O)n2-c2ccccc2)c1. The van der Waals surface area contributed by atoms with E-state index in [1.165, 1.54) is 6.33 Å². The van der Waals surface area contributed by atoms with Crippen LogP contribution in [0, 0.1) is 18.8 Å². The Morgan fingerprint density at radius 1 is 1.03 bits per heavy atom. The minimum Gasteiger partial charge on any atom is -0.382 e. The summed E-state index contributed by atoms with van der Waals surface area (Å²) in [6.45, 7) is 3.85. The highest BCUT2D eigenvalue weighted by Gasteiger charge is 2.21. The summed E-state index contributed by atoms with van der Waals surface area (Å²) in [4.78, 5) is 31.2. The van der Waals surface area contributed by atoms with Crippen molar-refractivity contribution in [3.05, 3.63) is 111 Å². The lowest BCUT2D eigenvalue weighted by Crippen LogP contribution is -2.27. The molecule has 0 amide bonds. The molecule has 0 unspecified atom stereocenters. The van der Waals surface area contributed by atoms with Gasteiger partial charge in [-0.2, -0.15) is 0 Å². The quantitative estimate of drug-likeness (QED) is 0.339. The molecule has 0 aliphatic carbocycles. The second-order valence-electron chi connectivity index (χ2n) is 8.40. The molecule has 8 nitrogen and oxygen atoms in total.